The van der Waals surface area contributed by atoms with Gasteiger partial charge in [0, 0.05) is 11.8 Å². The molecule has 0 fully saturated rings. The molecule has 0 amide bonds. The molecule has 1 aromatic carbocycles. The van der Waals surface area contributed by atoms with E-state index in [0.717, 1.165) is 22.8 Å². The second kappa shape index (κ2) is 4.94. The summed E-state index contributed by atoms with van der Waals surface area (Å²) < 4.78 is 7.41. The lowest BCUT2D eigenvalue weighted by Gasteiger charge is -2.04. The molecule has 0 atom stereocenters. The van der Waals surface area contributed by atoms with Crippen molar-refractivity contribution in [2.75, 3.05) is 6.61 Å². The fourth-order valence-electron chi connectivity index (χ4n) is 1.89. The first kappa shape index (κ1) is 11.5. The van der Waals surface area contributed by atoms with Crippen molar-refractivity contribution in [2.45, 2.75) is 0 Å². The molecule has 0 radical (unpaired) electrons. The van der Waals surface area contributed by atoms with Crippen LogP contribution in [-0.2, 0) is 0 Å². The predicted molar refractivity (Wildman–Crippen MR) is 74.1 cm³/mol. The molecule has 4 heteroatoms. The Morgan fingerprint density at radius 3 is 2.74 bits per heavy atom. The SMILES string of the molecule is C=CCOc1ccc(-c2nnc3ccccn23)cc1. The number of benzene rings is 1. The second-order valence-corrected chi connectivity index (χ2v) is 4.08. The minimum absolute atomic E-state index is 0.507. The third-order valence-electron chi connectivity index (χ3n) is 2.79. The standard InChI is InChI=1S/C15H13N3O/c1-2-11-19-13-8-6-12(7-9-13)15-17-16-14-5-3-4-10-18(14)15/h2-10H,1,11H2. The van der Waals surface area contributed by atoms with Gasteiger partial charge in [-0.3, -0.25) is 4.40 Å². The lowest BCUT2D eigenvalue weighted by Crippen LogP contribution is -1.93. The molecule has 0 bridgehead atoms. The summed E-state index contributed by atoms with van der Waals surface area (Å²) >= 11 is 0. The van der Waals surface area contributed by atoms with E-state index < -0.39 is 0 Å². The van der Waals surface area contributed by atoms with Crippen LogP contribution in [0.2, 0.25) is 0 Å². The molecular weight excluding hydrogens is 238 g/mol. The van der Waals surface area contributed by atoms with Crippen molar-refractivity contribution in [3.8, 4) is 17.1 Å². The van der Waals surface area contributed by atoms with Gasteiger partial charge in [-0.25, -0.2) is 0 Å². The third-order valence-corrected chi connectivity index (χ3v) is 2.79. The van der Waals surface area contributed by atoms with Crippen molar-refractivity contribution in [1.82, 2.24) is 14.6 Å². The largest absolute Gasteiger partial charge is 0.490 e. The second-order valence-electron chi connectivity index (χ2n) is 4.08. The first-order valence-corrected chi connectivity index (χ1v) is 6.02. The molecule has 4 nitrogen and oxygen atoms in total. The minimum atomic E-state index is 0.507. The molecule has 0 unspecified atom stereocenters. The summed E-state index contributed by atoms with van der Waals surface area (Å²) in [5.74, 6) is 1.64. The normalized spacial score (nSPS) is 10.5. The molecule has 94 valence electrons. The first-order chi connectivity index (χ1) is 9.38. The maximum atomic E-state index is 5.45. The molecule has 0 saturated heterocycles. The Morgan fingerprint density at radius 1 is 1.11 bits per heavy atom. The quantitative estimate of drug-likeness (QED) is 0.669. The predicted octanol–water partition coefficient (Wildman–Crippen LogP) is 2.96. The van der Waals surface area contributed by atoms with Crippen LogP contribution in [0.5, 0.6) is 5.75 Å². The minimum Gasteiger partial charge on any atom is -0.490 e. The topological polar surface area (TPSA) is 39.4 Å². The zero-order valence-corrected chi connectivity index (χ0v) is 10.4. The molecule has 0 aliphatic heterocycles. The lowest BCUT2D eigenvalue weighted by molar-refractivity contribution is 0.363. The van der Waals surface area contributed by atoms with Gasteiger partial charge in [-0.2, -0.15) is 0 Å². The van der Waals surface area contributed by atoms with Gasteiger partial charge in [0.1, 0.15) is 12.4 Å². The highest BCUT2D eigenvalue weighted by molar-refractivity contribution is 5.60. The Hall–Kier alpha value is -2.62. The average molecular weight is 251 g/mol. The molecule has 0 aliphatic rings. The van der Waals surface area contributed by atoms with E-state index in [0.29, 0.717) is 6.61 Å². The highest BCUT2D eigenvalue weighted by Crippen LogP contribution is 2.21. The summed E-state index contributed by atoms with van der Waals surface area (Å²) in [4.78, 5) is 0. The van der Waals surface area contributed by atoms with Crippen LogP contribution >= 0.6 is 0 Å². The maximum Gasteiger partial charge on any atom is 0.168 e. The number of nitrogens with zero attached hydrogens (tertiary/aromatic N) is 3. The summed E-state index contributed by atoms with van der Waals surface area (Å²) in [6, 6.07) is 13.6. The van der Waals surface area contributed by atoms with E-state index in [-0.39, 0.29) is 0 Å². The van der Waals surface area contributed by atoms with E-state index in [1.165, 1.54) is 0 Å². The van der Waals surface area contributed by atoms with Crippen molar-refractivity contribution >= 4 is 5.65 Å². The maximum absolute atomic E-state index is 5.45. The van der Waals surface area contributed by atoms with Crippen LogP contribution < -0.4 is 4.74 Å². The fraction of sp³-hybridized carbons (Fsp3) is 0.0667. The van der Waals surface area contributed by atoms with E-state index in [9.17, 15) is 0 Å². The molecular formula is C15H13N3O. The fourth-order valence-corrected chi connectivity index (χ4v) is 1.89. The number of ether oxygens (including phenoxy) is 1. The van der Waals surface area contributed by atoms with Crippen molar-refractivity contribution in [3.05, 3.63) is 61.3 Å². The van der Waals surface area contributed by atoms with Crippen LogP contribution in [0.4, 0.5) is 0 Å². The Morgan fingerprint density at radius 2 is 1.95 bits per heavy atom. The van der Waals surface area contributed by atoms with Gasteiger partial charge in [-0.1, -0.05) is 18.7 Å². The van der Waals surface area contributed by atoms with Gasteiger partial charge >= 0.3 is 0 Å². The monoisotopic (exact) mass is 251 g/mol. The lowest BCUT2D eigenvalue weighted by atomic mass is 10.2. The first-order valence-electron chi connectivity index (χ1n) is 6.02. The van der Waals surface area contributed by atoms with Crippen molar-refractivity contribution in [1.29, 1.82) is 0 Å². The van der Waals surface area contributed by atoms with Crippen LogP contribution in [-0.4, -0.2) is 21.2 Å². The average Bonchev–Trinajstić information content (AvgIpc) is 2.90. The highest BCUT2D eigenvalue weighted by atomic mass is 16.5. The Kier molecular flexibility index (Phi) is 2.98. The van der Waals surface area contributed by atoms with Gasteiger partial charge in [0.05, 0.1) is 0 Å². The molecule has 2 heterocycles. The van der Waals surface area contributed by atoms with Crippen molar-refractivity contribution < 1.29 is 4.74 Å². The Balaban J connectivity index is 1.95. The van der Waals surface area contributed by atoms with Crippen molar-refractivity contribution in [3.63, 3.8) is 0 Å². The van der Waals surface area contributed by atoms with Crippen LogP contribution in [0.3, 0.4) is 0 Å². The van der Waals surface area contributed by atoms with Gasteiger partial charge < -0.3 is 4.74 Å². The molecule has 3 rings (SSSR count). The number of fused-ring (bicyclic) bond motifs is 1. The molecule has 0 N–H and O–H groups in total. The smallest absolute Gasteiger partial charge is 0.168 e. The van der Waals surface area contributed by atoms with E-state index >= 15 is 0 Å². The molecule has 0 saturated carbocycles. The van der Waals surface area contributed by atoms with Gasteiger partial charge in [0.2, 0.25) is 0 Å². The summed E-state index contributed by atoms with van der Waals surface area (Å²) in [6.45, 7) is 4.13. The van der Waals surface area contributed by atoms with E-state index in [4.69, 9.17) is 4.74 Å². The molecule has 19 heavy (non-hydrogen) atoms. The Labute approximate surface area is 111 Å². The van der Waals surface area contributed by atoms with Gasteiger partial charge in [-0.05, 0) is 36.4 Å². The van der Waals surface area contributed by atoms with Crippen LogP contribution in [0.15, 0.2) is 61.3 Å². The van der Waals surface area contributed by atoms with Gasteiger partial charge in [-0.15, -0.1) is 10.2 Å². The number of hydrogen-bond donors (Lipinski definition) is 0. The molecule has 0 aliphatic carbocycles. The summed E-state index contributed by atoms with van der Waals surface area (Å²) in [5.41, 5.74) is 1.84. The number of pyridine rings is 1. The Bertz CT molecular complexity index is 701. The van der Waals surface area contributed by atoms with Gasteiger partial charge in [0.25, 0.3) is 0 Å². The molecule has 3 aromatic rings. The number of aromatic nitrogens is 3. The van der Waals surface area contributed by atoms with E-state index in [2.05, 4.69) is 16.8 Å². The van der Waals surface area contributed by atoms with Crippen LogP contribution in [0.1, 0.15) is 0 Å². The van der Waals surface area contributed by atoms with Crippen LogP contribution in [0.25, 0.3) is 17.0 Å². The molecule has 2 aromatic heterocycles. The van der Waals surface area contributed by atoms with Crippen molar-refractivity contribution in [2.24, 2.45) is 0 Å². The van der Waals surface area contributed by atoms with E-state index in [1.54, 1.807) is 6.08 Å². The highest BCUT2D eigenvalue weighted by Gasteiger charge is 2.06. The van der Waals surface area contributed by atoms with Gasteiger partial charge in [0.15, 0.2) is 11.5 Å². The third kappa shape index (κ3) is 2.20. The van der Waals surface area contributed by atoms with Crippen LogP contribution in [0, 0.1) is 0 Å². The zero-order valence-electron chi connectivity index (χ0n) is 10.4. The number of rotatable bonds is 4. The molecule has 0 spiro atoms. The zero-order chi connectivity index (χ0) is 13.1. The summed E-state index contributed by atoms with van der Waals surface area (Å²) in [6.07, 6.45) is 3.67. The summed E-state index contributed by atoms with van der Waals surface area (Å²) in [5, 5.41) is 8.35. The summed E-state index contributed by atoms with van der Waals surface area (Å²) in [7, 11) is 0. The van der Waals surface area contributed by atoms with E-state index in [1.807, 2.05) is 53.1 Å². The number of hydrogen-bond acceptors (Lipinski definition) is 3.